The van der Waals surface area contributed by atoms with Crippen molar-refractivity contribution in [3.63, 3.8) is 0 Å². The number of carbonyl (C=O) groups excluding carboxylic acids is 1. The van der Waals surface area contributed by atoms with Gasteiger partial charge in [-0.3, -0.25) is 4.79 Å². The van der Waals surface area contributed by atoms with Gasteiger partial charge in [-0.15, -0.1) is 0 Å². The van der Waals surface area contributed by atoms with Crippen molar-refractivity contribution in [2.45, 2.75) is 45.4 Å². The monoisotopic (exact) mass is 239 g/mol. The molecule has 1 atom stereocenters. The van der Waals surface area contributed by atoms with Crippen LogP contribution in [-0.2, 0) is 9.53 Å². The van der Waals surface area contributed by atoms with E-state index in [-0.39, 0.29) is 5.91 Å². The van der Waals surface area contributed by atoms with Crippen molar-refractivity contribution in [2.24, 2.45) is 5.92 Å². The van der Waals surface area contributed by atoms with E-state index in [2.05, 4.69) is 24.4 Å². The molecule has 0 saturated heterocycles. The van der Waals surface area contributed by atoms with E-state index in [1.807, 2.05) is 0 Å². The SMILES string of the molecule is CCCCOCCCNC(=O)CC1C=CCC1. The van der Waals surface area contributed by atoms with E-state index in [9.17, 15) is 4.79 Å². The first kappa shape index (κ1) is 14.2. The van der Waals surface area contributed by atoms with E-state index >= 15 is 0 Å². The summed E-state index contributed by atoms with van der Waals surface area (Å²) in [5.41, 5.74) is 0. The van der Waals surface area contributed by atoms with Gasteiger partial charge in [0.1, 0.15) is 0 Å². The van der Waals surface area contributed by atoms with Crippen molar-refractivity contribution in [3.8, 4) is 0 Å². The summed E-state index contributed by atoms with van der Waals surface area (Å²) in [5, 5.41) is 2.95. The standard InChI is InChI=1S/C14H25NO2/c1-2-3-10-17-11-6-9-15-14(16)12-13-7-4-5-8-13/h4,7,13H,2-3,5-6,8-12H2,1H3,(H,15,16). The Balaban J connectivity index is 1.88. The minimum absolute atomic E-state index is 0.176. The second-order valence-corrected chi connectivity index (χ2v) is 4.64. The number of carbonyl (C=O) groups is 1. The molecule has 98 valence electrons. The minimum Gasteiger partial charge on any atom is -0.381 e. The van der Waals surface area contributed by atoms with Gasteiger partial charge < -0.3 is 10.1 Å². The van der Waals surface area contributed by atoms with Crippen molar-refractivity contribution >= 4 is 5.91 Å². The van der Waals surface area contributed by atoms with Crippen LogP contribution < -0.4 is 5.32 Å². The van der Waals surface area contributed by atoms with Crippen molar-refractivity contribution < 1.29 is 9.53 Å². The molecule has 1 N–H and O–H groups in total. The molecular weight excluding hydrogens is 214 g/mol. The maximum atomic E-state index is 11.5. The summed E-state index contributed by atoms with van der Waals surface area (Å²) < 4.78 is 5.43. The third kappa shape index (κ3) is 7.16. The molecule has 0 radical (unpaired) electrons. The number of unbranched alkanes of at least 4 members (excludes halogenated alkanes) is 1. The highest BCUT2D eigenvalue weighted by Crippen LogP contribution is 2.19. The molecule has 0 heterocycles. The van der Waals surface area contributed by atoms with Gasteiger partial charge in [0, 0.05) is 26.2 Å². The quantitative estimate of drug-likeness (QED) is 0.496. The number of rotatable bonds is 9. The Labute approximate surface area is 105 Å². The number of amides is 1. The topological polar surface area (TPSA) is 38.3 Å². The molecule has 1 rings (SSSR count). The molecule has 0 bridgehead atoms. The lowest BCUT2D eigenvalue weighted by molar-refractivity contribution is -0.121. The maximum absolute atomic E-state index is 11.5. The number of ether oxygens (including phenoxy) is 1. The van der Waals surface area contributed by atoms with Gasteiger partial charge in [-0.25, -0.2) is 0 Å². The molecule has 0 aromatic rings. The average Bonchev–Trinajstić information content (AvgIpc) is 2.80. The molecule has 17 heavy (non-hydrogen) atoms. The van der Waals surface area contributed by atoms with Gasteiger partial charge in [0.15, 0.2) is 0 Å². The van der Waals surface area contributed by atoms with Crippen LogP contribution in [0.1, 0.15) is 45.4 Å². The van der Waals surface area contributed by atoms with E-state index in [1.165, 1.54) is 6.42 Å². The summed E-state index contributed by atoms with van der Waals surface area (Å²) in [6, 6.07) is 0. The molecule has 0 aromatic heterocycles. The number of nitrogens with one attached hydrogen (secondary N) is 1. The Morgan fingerprint density at radius 3 is 2.94 bits per heavy atom. The van der Waals surface area contributed by atoms with Crippen LogP contribution in [-0.4, -0.2) is 25.7 Å². The second-order valence-electron chi connectivity index (χ2n) is 4.64. The number of hydrogen-bond donors (Lipinski definition) is 1. The maximum Gasteiger partial charge on any atom is 0.220 e. The first-order valence-electron chi connectivity index (χ1n) is 6.84. The highest BCUT2D eigenvalue weighted by Gasteiger charge is 2.13. The predicted molar refractivity (Wildman–Crippen MR) is 69.8 cm³/mol. The fourth-order valence-electron chi connectivity index (χ4n) is 1.93. The number of allylic oxidation sites excluding steroid dienone is 2. The third-order valence-electron chi connectivity index (χ3n) is 2.99. The van der Waals surface area contributed by atoms with Crippen LogP contribution in [0.25, 0.3) is 0 Å². The van der Waals surface area contributed by atoms with Crippen LogP contribution in [0.3, 0.4) is 0 Å². The van der Waals surface area contributed by atoms with Crippen LogP contribution >= 0.6 is 0 Å². The summed E-state index contributed by atoms with van der Waals surface area (Å²) in [7, 11) is 0. The van der Waals surface area contributed by atoms with Gasteiger partial charge in [-0.05, 0) is 31.6 Å². The Morgan fingerprint density at radius 1 is 1.41 bits per heavy atom. The van der Waals surface area contributed by atoms with Gasteiger partial charge in [-0.1, -0.05) is 25.5 Å². The van der Waals surface area contributed by atoms with Crippen molar-refractivity contribution in [2.75, 3.05) is 19.8 Å². The van der Waals surface area contributed by atoms with Gasteiger partial charge >= 0.3 is 0 Å². The van der Waals surface area contributed by atoms with E-state index in [1.54, 1.807) is 0 Å². The molecule has 0 saturated carbocycles. The third-order valence-corrected chi connectivity index (χ3v) is 2.99. The Hall–Kier alpha value is -0.830. The van der Waals surface area contributed by atoms with E-state index < -0.39 is 0 Å². The van der Waals surface area contributed by atoms with Crippen LogP contribution in [0.2, 0.25) is 0 Å². The van der Waals surface area contributed by atoms with E-state index in [0.717, 1.165) is 45.4 Å². The molecule has 0 aromatic carbocycles. The molecule has 3 heteroatoms. The Morgan fingerprint density at radius 2 is 2.24 bits per heavy atom. The van der Waals surface area contributed by atoms with Gasteiger partial charge in [0.25, 0.3) is 0 Å². The largest absolute Gasteiger partial charge is 0.381 e. The van der Waals surface area contributed by atoms with Crippen molar-refractivity contribution in [1.82, 2.24) is 5.32 Å². The molecule has 1 aliphatic carbocycles. The minimum atomic E-state index is 0.176. The summed E-state index contributed by atoms with van der Waals surface area (Å²) in [5.74, 6) is 0.644. The summed E-state index contributed by atoms with van der Waals surface area (Å²) in [6.07, 6.45) is 10.4. The van der Waals surface area contributed by atoms with Gasteiger partial charge in [0.2, 0.25) is 5.91 Å². The molecule has 0 spiro atoms. The van der Waals surface area contributed by atoms with Gasteiger partial charge in [0.05, 0.1) is 0 Å². The number of hydrogen-bond acceptors (Lipinski definition) is 2. The van der Waals surface area contributed by atoms with Gasteiger partial charge in [-0.2, -0.15) is 0 Å². The molecule has 0 aliphatic heterocycles. The molecule has 1 unspecified atom stereocenters. The first-order chi connectivity index (χ1) is 8.33. The summed E-state index contributed by atoms with van der Waals surface area (Å²) >= 11 is 0. The lowest BCUT2D eigenvalue weighted by Crippen LogP contribution is -2.26. The fraction of sp³-hybridized carbons (Fsp3) is 0.786. The van der Waals surface area contributed by atoms with Crippen LogP contribution in [0.5, 0.6) is 0 Å². The second kappa shape index (κ2) is 9.23. The molecule has 1 aliphatic rings. The summed E-state index contributed by atoms with van der Waals surface area (Å²) in [4.78, 5) is 11.5. The predicted octanol–water partition coefficient (Wildman–Crippen LogP) is 2.67. The first-order valence-corrected chi connectivity index (χ1v) is 6.84. The zero-order valence-corrected chi connectivity index (χ0v) is 10.9. The fourth-order valence-corrected chi connectivity index (χ4v) is 1.93. The zero-order chi connectivity index (χ0) is 12.3. The van der Waals surface area contributed by atoms with E-state index in [4.69, 9.17) is 4.74 Å². The van der Waals surface area contributed by atoms with Crippen LogP contribution in [0, 0.1) is 5.92 Å². The Kier molecular flexibility index (Phi) is 7.72. The Bertz CT molecular complexity index is 238. The molecular formula is C14H25NO2. The smallest absolute Gasteiger partial charge is 0.220 e. The normalized spacial score (nSPS) is 18.5. The zero-order valence-electron chi connectivity index (χ0n) is 10.9. The van der Waals surface area contributed by atoms with Crippen LogP contribution in [0.15, 0.2) is 12.2 Å². The van der Waals surface area contributed by atoms with Crippen LogP contribution in [0.4, 0.5) is 0 Å². The van der Waals surface area contributed by atoms with E-state index in [0.29, 0.717) is 12.3 Å². The summed E-state index contributed by atoms with van der Waals surface area (Å²) in [6.45, 7) is 4.49. The molecule has 1 amide bonds. The lowest BCUT2D eigenvalue weighted by Gasteiger charge is -2.08. The molecule has 0 fully saturated rings. The highest BCUT2D eigenvalue weighted by molar-refractivity contribution is 5.76. The average molecular weight is 239 g/mol. The van der Waals surface area contributed by atoms with Crippen molar-refractivity contribution in [1.29, 1.82) is 0 Å². The highest BCUT2D eigenvalue weighted by atomic mass is 16.5. The lowest BCUT2D eigenvalue weighted by atomic mass is 10.1. The van der Waals surface area contributed by atoms with Crippen molar-refractivity contribution in [3.05, 3.63) is 12.2 Å². The molecule has 3 nitrogen and oxygen atoms in total.